The van der Waals surface area contributed by atoms with Crippen molar-refractivity contribution in [1.82, 2.24) is 10.2 Å². The first-order chi connectivity index (χ1) is 9.25. The summed E-state index contributed by atoms with van der Waals surface area (Å²) in [5.41, 5.74) is 0.883. The van der Waals surface area contributed by atoms with Gasteiger partial charge in [-0.1, -0.05) is 25.0 Å². The number of aromatic hydroxyl groups is 2. The summed E-state index contributed by atoms with van der Waals surface area (Å²) in [5.74, 6) is 0.849. The van der Waals surface area contributed by atoms with Crippen molar-refractivity contribution in [3.8, 4) is 11.5 Å². The molecule has 3 rings (SSSR count). The van der Waals surface area contributed by atoms with Crippen molar-refractivity contribution in [3.05, 3.63) is 23.8 Å². The number of rotatable bonds is 4. The largest absolute Gasteiger partial charge is 0.504 e. The minimum atomic E-state index is -0.00608. The van der Waals surface area contributed by atoms with Crippen LogP contribution in [0.2, 0.25) is 0 Å². The van der Waals surface area contributed by atoms with Gasteiger partial charge in [0.25, 0.3) is 0 Å². The maximum atomic E-state index is 10.1. The maximum Gasteiger partial charge on any atom is 0.162 e. The van der Waals surface area contributed by atoms with E-state index in [0.717, 1.165) is 44.1 Å². The van der Waals surface area contributed by atoms with Crippen LogP contribution in [0.4, 0.5) is 0 Å². The van der Waals surface area contributed by atoms with E-state index in [4.69, 9.17) is 0 Å². The summed E-state index contributed by atoms with van der Waals surface area (Å²) < 4.78 is 0. The number of phenolic OH excluding ortho intramolecular Hbond substituents is 2. The zero-order valence-corrected chi connectivity index (χ0v) is 13.6. The first-order valence-corrected chi connectivity index (χ1v) is 7.21. The highest BCUT2D eigenvalue weighted by Gasteiger charge is 2.32. The van der Waals surface area contributed by atoms with E-state index >= 15 is 0 Å². The molecule has 2 fully saturated rings. The van der Waals surface area contributed by atoms with Gasteiger partial charge in [0.2, 0.25) is 0 Å². The third kappa shape index (κ3) is 4.39. The first-order valence-electron chi connectivity index (χ1n) is 7.21. The second kappa shape index (κ2) is 8.08. The Hall–Kier alpha value is -0.680. The Morgan fingerprint density at radius 3 is 2.43 bits per heavy atom. The Bertz CT molecular complexity index is 449. The molecular formula is C15H24Cl2N2O2. The number of benzene rings is 1. The van der Waals surface area contributed by atoms with Crippen molar-refractivity contribution in [3.63, 3.8) is 0 Å². The summed E-state index contributed by atoms with van der Waals surface area (Å²) in [4.78, 5) is 2.43. The van der Waals surface area contributed by atoms with Crippen LogP contribution in [-0.4, -0.2) is 41.3 Å². The Morgan fingerprint density at radius 2 is 1.81 bits per heavy atom. The summed E-state index contributed by atoms with van der Waals surface area (Å²) >= 11 is 0. The van der Waals surface area contributed by atoms with Gasteiger partial charge in [-0.05, 0) is 18.4 Å². The number of hydrogen-bond donors (Lipinski definition) is 3. The van der Waals surface area contributed by atoms with Gasteiger partial charge in [0.1, 0.15) is 0 Å². The highest BCUT2D eigenvalue weighted by Crippen LogP contribution is 2.43. The van der Waals surface area contributed by atoms with E-state index in [2.05, 4.69) is 10.2 Å². The van der Waals surface area contributed by atoms with Crippen molar-refractivity contribution in [2.75, 3.05) is 26.2 Å². The number of hydrogen-bond acceptors (Lipinski definition) is 4. The molecule has 1 saturated heterocycles. The van der Waals surface area contributed by atoms with Crippen LogP contribution in [0.5, 0.6) is 11.5 Å². The third-order valence-electron chi connectivity index (χ3n) is 4.25. The van der Waals surface area contributed by atoms with Gasteiger partial charge < -0.3 is 15.5 Å². The number of nitrogens with zero attached hydrogens (tertiary/aromatic N) is 1. The van der Waals surface area contributed by atoms with Gasteiger partial charge in [-0.15, -0.1) is 24.8 Å². The zero-order chi connectivity index (χ0) is 13.2. The zero-order valence-electron chi connectivity index (χ0n) is 12.0. The minimum absolute atomic E-state index is 0. The van der Waals surface area contributed by atoms with Crippen LogP contribution in [0.25, 0.3) is 0 Å². The fourth-order valence-electron chi connectivity index (χ4n) is 2.95. The molecule has 0 bridgehead atoms. The van der Waals surface area contributed by atoms with E-state index in [1.807, 2.05) is 12.1 Å². The molecule has 4 nitrogen and oxygen atoms in total. The Balaban J connectivity index is 0.00000110. The number of piperazine rings is 1. The smallest absolute Gasteiger partial charge is 0.162 e. The summed E-state index contributed by atoms with van der Waals surface area (Å²) in [7, 11) is 0. The maximum absolute atomic E-state index is 10.1. The molecule has 1 atom stereocenters. The molecule has 2 aliphatic rings. The van der Waals surface area contributed by atoms with Gasteiger partial charge in [-0.2, -0.15) is 0 Å². The molecule has 1 aliphatic heterocycles. The van der Waals surface area contributed by atoms with Crippen molar-refractivity contribution in [2.45, 2.75) is 25.3 Å². The molecule has 1 aromatic rings. The van der Waals surface area contributed by atoms with E-state index in [1.165, 1.54) is 12.8 Å². The van der Waals surface area contributed by atoms with E-state index < -0.39 is 0 Å². The Labute approximate surface area is 138 Å². The highest BCUT2D eigenvalue weighted by molar-refractivity contribution is 5.85. The molecule has 120 valence electrons. The van der Waals surface area contributed by atoms with Gasteiger partial charge in [-0.25, -0.2) is 0 Å². The molecule has 3 N–H and O–H groups in total. The lowest BCUT2D eigenvalue weighted by molar-refractivity contribution is 0.157. The lowest BCUT2D eigenvalue weighted by Crippen LogP contribution is -2.45. The normalized spacial score (nSPS) is 20.2. The molecule has 6 heteroatoms. The van der Waals surface area contributed by atoms with Gasteiger partial charge in [-0.3, -0.25) is 4.90 Å². The third-order valence-corrected chi connectivity index (χ3v) is 4.25. The Morgan fingerprint density at radius 1 is 1.14 bits per heavy atom. The van der Waals surface area contributed by atoms with E-state index in [9.17, 15) is 10.2 Å². The molecule has 0 spiro atoms. The average molecular weight is 335 g/mol. The topological polar surface area (TPSA) is 55.7 Å². The van der Waals surface area contributed by atoms with Gasteiger partial charge in [0, 0.05) is 37.8 Å². The number of nitrogens with one attached hydrogen (secondary N) is 1. The predicted octanol–water partition coefficient (Wildman–Crippen LogP) is 2.69. The minimum Gasteiger partial charge on any atom is -0.504 e. The lowest BCUT2D eigenvalue weighted by atomic mass is 9.97. The summed E-state index contributed by atoms with van der Waals surface area (Å²) in [6.07, 6.45) is 3.71. The van der Waals surface area contributed by atoms with Crippen LogP contribution >= 0.6 is 24.8 Å². The summed E-state index contributed by atoms with van der Waals surface area (Å²) in [6.45, 7) is 4.01. The molecule has 0 aromatic heterocycles. The van der Waals surface area contributed by atoms with Crippen LogP contribution in [0, 0.1) is 5.92 Å². The van der Waals surface area contributed by atoms with E-state index in [1.54, 1.807) is 6.07 Å². The van der Waals surface area contributed by atoms with Crippen LogP contribution in [0.3, 0.4) is 0 Å². The SMILES string of the molecule is Cl.Cl.Oc1cccc([C@@H](CC2CC2)N2CCNCC2)c1O. The molecule has 0 amide bonds. The van der Waals surface area contributed by atoms with Crippen molar-refractivity contribution < 1.29 is 10.2 Å². The molecule has 1 saturated carbocycles. The molecule has 1 aliphatic carbocycles. The Kier molecular flexibility index (Phi) is 7.07. The number of halogens is 2. The lowest BCUT2D eigenvalue weighted by Gasteiger charge is -2.35. The van der Waals surface area contributed by atoms with E-state index in [-0.39, 0.29) is 42.4 Å². The quantitative estimate of drug-likeness (QED) is 0.741. The predicted molar refractivity (Wildman–Crippen MR) is 88.8 cm³/mol. The van der Waals surface area contributed by atoms with Crippen molar-refractivity contribution in [2.24, 2.45) is 5.92 Å². The summed E-state index contributed by atoms with van der Waals surface area (Å²) in [5, 5.41) is 23.2. The van der Waals surface area contributed by atoms with Crippen molar-refractivity contribution >= 4 is 24.8 Å². The molecular weight excluding hydrogens is 311 g/mol. The van der Waals surface area contributed by atoms with Crippen LogP contribution < -0.4 is 5.32 Å². The molecule has 1 heterocycles. The monoisotopic (exact) mass is 334 g/mol. The number of para-hydroxylation sites is 1. The summed E-state index contributed by atoms with van der Waals surface area (Å²) in [6, 6.07) is 5.56. The van der Waals surface area contributed by atoms with Crippen LogP contribution in [0.1, 0.15) is 30.9 Å². The second-order valence-electron chi connectivity index (χ2n) is 5.70. The highest BCUT2D eigenvalue weighted by atomic mass is 35.5. The molecule has 0 unspecified atom stereocenters. The standard InChI is InChI=1S/C15H22N2O2.2ClH/c18-14-3-1-2-12(15(14)19)13(10-11-4-5-11)17-8-6-16-7-9-17;;/h1-3,11,13,16,18-19H,4-10H2;2*1H/t13-;;/m1../s1. The average Bonchev–Trinajstić information content (AvgIpc) is 3.25. The molecule has 21 heavy (non-hydrogen) atoms. The molecule has 0 radical (unpaired) electrons. The van der Waals surface area contributed by atoms with Gasteiger partial charge in [0.15, 0.2) is 11.5 Å². The van der Waals surface area contributed by atoms with Gasteiger partial charge in [0.05, 0.1) is 0 Å². The van der Waals surface area contributed by atoms with Crippen LogP contribution in [0.15, 0.2) is 18.2 Å². The fraction of sp³-hybridized carbons (Fsp3) is 0.600. The fourth-order valence-corrected chi connectivity index (χ4v) is 2.95. The van der Waals surface area contributed by atoms with E-state index in [0.29, 0.717) is 0 Å². The molecule has 1 aromatic carbocycles. The van der Waals surface area contributed by atoms with Gasteiger partial charge >= 0.3 is 0 Å². The van der Waals surface area contributed by atoms with Crippen molar-refractivity contribution in [1.29, 1.82) is 0 Å². The first kappa shape index (κ1) is 18.4. The number of phenols is 2. The van der Waals surface area contributed by atoms with Crippen LogP contribution in [-0.2, 0) is 0 Å². The second-order valence-corrected chi connectivity index (χ2v) is 5.70.